The molecule has 2 aromatic rings. The lowest BCUT2D eigenvalue weighted by molar-refractivity contribution is 0.290. The molecule has 20 heavy (non-hydrogen) atoms. The molecular weight excluding hydrogens is 272 g/mol. The van der Waals surface area contributed by atoms with E-state index in [2.05, 4.69) is 29.1 Å². The van der Waals surface area contributed by atoms with Gasteiger partial charge in [0.1, 0.15) is 17.5 Å². The first-order valence-corrected chi connectivity index (χ1v) is 7.61. The van der Waals surface area contributed by atoms with Crippen LogP contribution < -0.4 is 9.80 Å². The van der Waals surface area contributed by atoms with E-state index in [1.165, 1.54) is 18.0 Å². The van der Waals surface area contributed by atoms with Crippen LogP contribution in [0.4, 0.5) is 10.9 Å². The van der Waals surface area contributed by atoms with Crippen LogP contribution in [-0.4, -0.2) is 44.5 Å². The van der Waals surface area contributed by atoms with E-state index >= 15 is 0 Å². The Balaban J connectivity index is 1.53. The van der Waals surface area contributed by atoms with E-state index in [9.17, 15) is 0 Å². The lowest BCUT2D eigenvalue weighted by Gasteiger charge is -2.56. The molecule has 5 rings (SSSR count). The second kappa shape index (κ2) is 4.37. The molecule has 0 amide bonds. The average molecular weight is 288 g/mol. The van der Waals surface area contributed by atoms with Gasteiger partial charge >= 0.3 is 0 Å². The predicted molar refractivity (Wildman–Crippen MR) is 78.3 cm³/mol. The average Bonchev–Trinajstić information content (AvgIpc) is 2.85. The zero-order valence-corrected chi connectivity index (χ0v) is 12.3. The summed E-state index contributed by atoms with van der Waals surface area (Å²) in [5.74, 6) is 2.75. The SMILES string of the molecule is Cc1nccc(N2CC3CC(C2)N3c2nc(C)ns2)n1. The fourth-order valence-corrected chi connectivity index (χ4v) is 3.94. The molecule has 3 saturated heterocycles. The van der Waals surface area contributed by atoms with Crippen LogP contribution in [0.3, 0.4) is 0 Å². The summed E-state index contributed by atoms with van der Waals surface area (Å²) in [6.07, 6.45) is 3.09. The Morgan fingerprint density at radius 2 is 1.95 bits per heavy atom. The minimum Gasteiger partial charge on any atom is -0.352 e. The summed E-state index contributed by atoms with van der Waals surface area (Å²) in [6.45, 7) is 5.90. The zero-order chi connectivity index (χ0) is 13.7. The van der Waals surface area contributed by atoms with E-state index in [1.54, 1.807) is 0 Å². The molecule has 2 bridgehead atoms. The smallest absolute Gasteiger partial charge is 0.205 e. The Bertz CT molecular complexity index is 629. The van der Waals surface area contributed by atoms with Crippen molar-refractivity contribution in [1.82, 2.24) is 19.3 Å². The molecule has 0 saturated carbocycles. The van der Waals surface area contributed by atoms with Crippen molar-refractivity contribution in [3.8, 4) is 0 Å². The van der Waals surface area contributed by atoms with Gasteiger partial charge in [0.2, 0.25) is 5.13 Å². The maximum atomic E-state index is 4.52. The molecule has 0 aromatic carbocycles. The van der Waals surface area contributed by atoms with Gasteiger partial charge in [0.15, 0.2) is 0 Å². The molecule has 2 aromatic heterocycles. The second-order valence-electron chi connectivity index (χ2n) is 5.44. The summed E-state index contributed by atoms with van der Waals surface area (Å²) in [5, 5.41) is 1.07. The molecule has 0 N–H and O–H groups in total. The van der Waals surface area contributed by atoms with Crippen LogP contribution in [0, 0.1) is 13.8 Å². The van der Waals surface area contributed by atoms with E-state index in [1.807, 2.05) is 26.1 Å². The highest BCUT2D eigenvalue weighted by Gasteiger charge is 2.46. The number of rotatable bonds is 2. The standard InChI is InChI=1S/C13H16N6S/c1-8-14-4-3-12(15-8)18-6-10-5-11(7-18)19(10)13-16-9(2)17-20-13/h3-4,10-11H,5-7H2,1-2H3. The number of anilines is 2. The summed E-state index contributed by atoms with van der Waals surface area (Å²) in [4.78, 5) is 18.0. The van der Waals surface area contributed by atoms with Crippen molar-refractivity contribution in [2.45, 2.75) is 32.4 Å². The highest BCUT2D eigenvalue weighted by molar-refractivity contribution is 7.09. The maximum Gasteiger partial charge on any atom is 0.205 e. The Kier molecular flexibility index (Phi) is 2.63. The Labute approximate surface area is 121 Å². The third-order valence-corrected chi connectivity index (χ3v) is 4.84. The number of hydrogen-bond donors (Lipinski definition) is 0. The third-order valence-electron chi connectivity index (χ3n) is 4.02. The van der Waals surface area contributed by atoms with Crippen LogP contribution in [0.2, 0.25) is 0 Å². The van der Waals surface area contributed by atoms with E-state index in [0.717, 1.165) is 35.7 Å². The van der Waals surface area contributed by atoms with Crippen LogP contribution in [0.1, 0.15) is 18.1 Å². The number of piperazine rings is 1. The molecule has 5 heterocycles. The first kappa shape index (κ1) is 12.0. The van der Waals surface area contributed by atoms with Crippen molar-refractivity contribution in [2.75, 3.05) is 22.9 Å². The van der Waals surface area contributed by atoms with Gasteiger partial charge in [-0.25, -0.2) is 15.0 Å². The summed E-state index contributed by atoms with van der Waals surface area (Å²) in [5.41, 5.74) is 0. The fraction of sp³-hybridized carbons (Fsp3) is 0.538. The van der Waals surface area contributed by atoms with Crippen LogP contribution in [0.25, 0.3) is 0 Å². The molecule has 104 valence electrons. The van der Waals surface area contributed by atoms with Crippen molar-refractivity contribution in [3.63, 3.8) is 0 Å². The summed E-state index contributed by atoms with van der Waals surface area (Å²) in [7, 11) is 0. The molecule has 0 spiro atoms. The largest absolute Gasteiger partial charge is 0.352 e. The number of aromatic nitrogens is 4. The summed E-state index contributed by atoms with van der Waals surface area (Å²) < 4.78 is 4.29. The normalized spacial score (nSPS) is 24.7. The van der Waals surface area contributed by atoms with Crippen molar-refractivity contribution in [2.24, 2.45) is 0 Å². The first-order chi connectivity index (χ1) is 9.70. The number of piperidine rings is 1. The van der Waals surface area contributed by atoms with Crippen LogP contribution in [0.15, 0.2) is 12.3 Å². The van der Waals surface area contributed by atoms with Gasteiger partial charge in [0.05, 0.1) is 12.1 Å². The topological polar surface area (TPSA) is 58.0 Å². The number of hydrogen-bond acceptors (Lipinski definition) is 7. The Morgan fingerprint density at radius 3 is 2.60 bits per heavy atom. The minimum absolute atomic E-state index is 0.538. The van der Waals surface area contributed by atoms with Gasteiger partial charge in [-0.3, -0.25) is 0 Å². The second-order valence-corrected chi connectivity index (χ2v) is 6.17. The maximum absolute atomic E-state index is 4.52. The highest BCUT2D eigenvalue weighted by atomic mass is 32.1. The lowest BCUT2D eigenvalue weighted by atomic mass is 9.88. The molecule has 6 nitrogen and oxygen atoms in total. The van der Waals surface area contributed by atoms with Gasteiger partial charge in [-0.1, -0.05) is 0 Å². The minimum atomic E-state index is 0.538. The molecule has 3 fully saturated rings. The van der Waals surface area contributed by atoms with Crippen molar-refractivity contribution >= 4 is 22.5 Å². The number of aryl methyl sites for hydroxylation is 2. The molecule has 3 aliphatic rings. The highest BCUT2D eigenvalue weighted by Crippen LogP contribution is 2.38. The third kappa shape index (κ3) is 1.84. The van der Waals surface area contributed by atoms with Gasteiger partial charge in [-0.2, -0.15) is 4.37 Å². The van der Waals surface area contributed by atoms with E-state index in [4.69, 9.17) is 0 Å². The zero-order valence-electron chi connectivity index (χ0n) is 11.5. The van der Waals surface area contributed by atoms with E-state index < -0.39 is 0 Å². The van der Waals surface area contributed by atoms with Gasteiger partial charge in [0, 0.05) is 30.8 Å². The van der Waals surface area contributed by atoms with Crippen molar-refractivity contribution in [3.05, 3.63) is 23.9 Å². The van der Waals surface area contributed by atoms with Crippen LogP contribution in [0.5, 0.6) is 0 Å². The Hall–Kier alpha value is -1.76. The van der Waals surface area contributed by atoms with E-state index in [-0.39, 0.29) is 0 Å². The molecule has 3 aliphatic heterocycles. The number of nitrogens with zero attached hydrogens (tertiary/aromatic N) is 6. The number of fused-ring (bicyclic) bond motifs is 2. The van der Waals surface area contributed by atoms with E-state index in [0.29, 0.717) is 12.1 Å². The monoisotopic (exact) mass is 288 g/mol. The molecule has 7 heteroatoms. The van der Waals surface area contributed by atoms with Crippen molar-refractivity contribution < 1.29 is 0 Å². The molecule has 2 atom stereocenters. The summed E-state index contributed by atoms with van der Waals surface area (Å²) in [6, 6.07) is 3.07. The van der Waals surface area contributed by atoms with Gasteiger partial charge in [-0.15, -0.1) is 0 Å². The lowest BCUT2D eigenvalue weighted by Crippen LogP contribution is -2.69. The van der Waals surface area contributed by atoms with Gasteiger partial charge < -0.3 is 9.80 Å². The van der Waals surface area contributed by atoms with Crippen molar-refractivity contribution in [1.29, 1.82) is 0 Å². The molecular formula is C13H16N6S. The summed E-state index contributed by atoms with van der Waals surface area (Å²) >= 11 is 1.51. The fourth-order valence-electron chi connectivity index (χ4n) is 3.12. The Morgan fingerprint density at radius 1 is 1.15 bits per heavy atom. The first-order valence-electron chi connectivity index (χ1n) is 6.84. The molecule has 0 aliphatic carbocycles. The van der Waals surface area contributed by atoms with Crippen LogP contribution >= 0.6 is 11.5 Å². The van der Waals surface area contributed by atoms with Gasteiger partial charge in [0.25, 0.3) is 0 Å². The molecule has 2 unspecified atom stereocenters. The predicted octanol–water partition coefficient (Wildman–Crippen LogP) is 1.41. The van der Waals surface area contributed by atoms with Crippen LogP contribution in [-0.2, 0) is 0 Å². The quantitative estimate of drug-likeness (QED) is 0.833. The van der Waals surface area contributed by atoms with Gasteiger partial charge in [-0.05, 0) is 26.3 Å². The molecule has 0 radical (unpaired) electrons.